The van der Waals surface area contributed by atoms with Gasteiger partial charge in [0.2, 0.25) is 0 Å². The van der Waals surface area contributed by atoms with Crippen LogP contribution in [0.3, 0.4) is 0 Å². The van der Waals surface area contributed by atoms with Crippen LogP contribution in [0.4, 0.5) is 9.18 Å². The highest BCUT2D eigenvalue weighted by Gasteiger charge is 2.22. The standard InChI is InChI=1S/C30H42FN3O7/c1-32-26(14-21-6-5-10-39-20-21)19-34-29(35)24-15-23(17-27(18-24)40-13-12-37-2)28(22-7-4-8-25(31)16-22)41-11-9-33-30(36)38-3/h4,7-8,15-18,21,26,28,32H,5-6,9-14,19-20H2,1-3H3,(H,33,36)(H,34,35)/t21-,26+,28?/m1/s1. The molecule has 226 valence electrons. The monoisotopic (exact) mass is 575 g/mol. The average molecular weight is 576 g/mol. The molecule has 0 bridgehead atoms. The van der Waals surface area contributed by atoms with Crippen LogP contribution in [0, 0.1) is 11.7 Å². The zero-order chi connectivity index (χ0) is 29.5. The second-order valence-corrected chi connectivity index (χ2v) is 9.87. The van der Waals surface area contributed by atoms with E-state index in [2.05, 4.69) is 20.7 Å². The molecule has 10 nitrogen and oxygen atoms in total. The zero-order valence-corrected chi connectivity index (χ0v) is 24.1. The number of carbonyl (C=O) groups is 2. The molecule has 0 aliphatic carbocycles. The van der Waals surface area contributed by atoms with Gasteiger partial charge in [0.25, 0.3) is 5.91 Å². The predicted molar refractivity (Wildman–Crippen MR) is 152 cm³/mol. The SMILES string of the molecule is CN[C@H](CNC(=O)c1cc(OCCOC)cc(C(OCCNC(=O)OC)c2cccc(F)c2)c1)C[C@H]1CCCOC1. The lowest BCUT2D eigenvalue weighted by molar-refractivity contribution is 0.0478. The number of halogens is 1. The Morgan fingerprint density at radius 3 is 2.63 bits per heavy atom. The van der Waals surface area contributed by atoms with Crippen molar-refractivity contribution in [1.29, 1.82) is 0 Å². The molecular weight excluding hydrogens is 533 g/mol. The maximum Gasteiger partial charge on any atom is 0.406 e. The highest BCUT2D eigenvalue weighted by atomic mass is 19.1. The number of hydrogen-bond donors (Lipinski definition) is 3. The van der Waals surface area contributed by atoms with E-state index in [1.165, 1.54) is 19.2 Å². The molecule has 1 fully saturated rings. The predicted octanol–water partition coefficient (Wildman–Crippen LogP) is 3.45. The van der Waals surface area contributed by atoms with E-state index < -0.39 is 18.0 Å². The van der Waals surface area contributed by atoms with Gasteiger partial charge >= 0.3 is 6.09 Å². The Kier molecular flexibility index (Phi) is 13.8. The second kappa shape index (κ2) is 17.5. The van der Waals surface area contributed by atoms with Gasteiger partial charge in [0.15, 0.2) is 0 Å². The Labute approximate surface area is 241 Å². The molecule has 11 heteroatoms. The van der Waals surface area contributed by atoms with Gasteiger partial charge in [-0.2, -0.15) is 0 Å². The fourth-order valence-electron chi connectivity index (χ4n) is 4.70. The quantitative estimate of drug-likeness (QED) is 0.261. The van der Waals surface area contributed by atoms with Crippen molar-refractivity contribution in [2.24, 2.45) is 5.92 Å². The third-order valence-electron chi connectivity index (χ3n) is 6.83. The van der Waals surface area contributed by atoms with Crippen LogP contribution in [0.15, 0.2) is 42.5 Å². The molecule has 2 aromatic rings. The number of carbonyl (C=O) groups excluding carboxylic acids is 2. The van der Waals surface area contributed by atoms with Gasteiger partial charge in [-0.05, 0) is 73.7 Å². The molecule has 1 aliphatic rings. The van der Waals surface area contributed by atoms with E-state index in [-0.39, 0.29) is 31.7 Å². The molecule has 1 aliphatic heterocycles. The third-order valence-corrected chi connectivity index (χ3v) is 6.83. The average Bonchev–Trinajstić information content (AvgIpc) is 2.99. The molecule has 41 heavy (non-hydrogen) atoms. The molecular formula is C30H42FN3O7. The first-order chi connectivity index (χ1) is 19.9. The minimum atomic E-state index is -0.737. The zero-order valence-electron chi connectivity index (χ0n) is 24.1. The lowest BCUT2D eigenvalue weighted by atomic mass is 9.94. The first-order valence-corrected chi connectivity index (χ1v) is 13.9. The molecule has 2 amide bonds. The molecule has 0 saturated carbocycles. The van der Waals surface area contributed by atoms with Crippen molar-refractivity contribution in [2.45, 2.75) is 31.4 Å². The van der Waals surface area contributed by atoms with Crippen molar-refractivity contribution < 1.29 is 37.7 Å². The smallest absolute Gasteiger partial charge is 0.406 e. The number of alkyl carbamates (subject to hydrolysis) is 1. The summed E-state index contributed by atoms with van der Waals surface area (Å²) in [5.41, 5.74) is 1.52. The van der Waals surface area contributed by atoms with E-state index in [4.69, 9.17) is 18.9 Å². The minimum absolute atomic E-state index is 0.0944. The van der Waals surface area contributed by atoms with Gasteiger partial charge in [0, 0.05) is 45.0 Å². The summed E-state index contributed by atoms with van der Waals surface area (Å²) in [5.74, 6) is 0.219. The summed E-state index contributed by atoms with van der Waals surface area (Å²) >= 11 is 0. The normalized spacial score (nSPS) is 16.4. The van der Waals surface area contributed by atoms with Gasteiger partial charge in [-0.3, -0.25) is 4.79 Å². The lowest BCUT2D eigenvalue weighted by Crippen LogP contribution is -2.41. The van der Waals surface area contributed by atoms with E-state index in [0.29, 0.717) is 41.5 Å². The van der Waals surface area contributed by atoms with Crippen LogP contribution in [0.1, 0.15) is 46.9 Å². The number of ether oxygens (including phenoxy) is 5. The van der Waals surface area contributed by atoms with Crippen LogP contribution in [0.5, 0.6) is 5.75 Å². The van der Waals surface area contributed by atoms with E-state index in [1.54, 1.807) is 37.4 Å². The summed E-state index contributed by atoms with van der Waals surface area (Å²) in [4.78, 5) is 24.8. The number of rotatable bonds is 16. The van der Waals surface area contributed by atoms with Crippen LogP contribution < -0.4 is 20.7 Å². The first-order valence-electron chi connectivity index (χ1n) is 13.9. The molecule has 0 spiro atoms. The maximum atomic E-state index is 14.2. The molecule has 1 saturated heterocycles. The maximum absolute atomic E-state index is 14.2. The number of likely N-dealkylation sites (N-methyl/N-ethyl adjacent to an activating group) is 1. The van der Waals surface area contributed by atoms with E-state index >= 15 is 0 Å². The van der Waals surface area contributed by atoms with Gasteiger partial charge in [-0.15, -0.1) is 0 Å². The van der Waals surface area contributed by atoms with Gasteiger partial charge < -0.3 is 39.6 Å². The van der Waals surface area contributed by atoms with Crippen molar-refractivity contribution in [2.75, 3.05) is 67.4 Å². The number of benzene rings is 2. The van der Waals surface area contributed by atoms with Crippen molar-refractivity contribution >= 4 is 12.0 Å². The fraction of sp³-hybridized carbons (Fsp3) is 0.533. The Bertz CT molecular complexity index is 1100. The molecule has 0 radical (unpaired) electrons. The van der Waals surface area contributed by atoms with Gasteiger partial charge in [0.05, 0.1) is 20.3 Å². The van der Waals surface area contributed by atoms with Crippen LogP contribution in [0.2, 0.25) is 0 Å². The molecule has 3 N–H and O–H groups in total. The number of amides is 2. The van der Waals surface area contributed by atoms with Crippen LogP contribution in [-0.2, 0) is 18.9 Å². The van der Waals surface area contributed by atoms with Crippen molar-refractivity contribution in [3.05, 3.63) is 65.0 Å². The summed E-state index contributed by atoms with van der Waals surface area (Å²) in [6.07, 6.45) is 1.75. The van der Waals surface area contributed by atoms with Crippen LogP contribution in [-0.4, -0.2) is 85.4 Å². The molecule has 1 heterocycles. The van der Waals surface area contributed by atoms with Crippen molar-refractivity contribution in [3.63, 3.8) is 0 Å². The van der Waals surface area contributed by atoms with Gasteiger partial charge in [0.1, 0.15) is 24.3 Å². The number of hydrogen-bond acceptors (Lipinski definition) is 8. The third kappa shape index (κ3) is 10.9. The Balaban J connectivity index is 1.81. The van der Waals surface area contributed by atoms with E-state index in [9.17, 15) is 14.0 Å². The summed E-state index contributed by atoms with van der Waals surface area (Å²) in [5, 5.41) is 8.89. The van der Waals surface area contributed by atoms with Gasteiger partial charge in [-0.1, -0.05) is 12.1 Å². The minimum Gasteiger partial charge on any atom is -0.491 e. The topological polar surface area (TPSA) is 116 Å². The Morgan fingerprint density at radius 2 is 1.93 bits per heavy atom. The summed E-state index contributed by atoms with van der Waals surface area (Å²) < 4.78 is 41.5. The first kappa shape index (κ1) is 32.3. The number of methoxy groups -OCH3 is 2. The molecule has 0 aromatic heterocycles. The van der Waals surface area contributed by atoms with Crippen molar-refractivity contribution in [1.82, 2.24) is 16.0 Å². The highest BCUT2D eigenvalue weighted by molar-refractivity contribution is 5.94. The van der Waals surface area contributed by atoms with Crippen molar-refractivity contribution in [3.8, 4) is 5.75 Å². The largest absolute Gasteiger partial charge is 0.491 e. The lowest BCUT2D eigenvalue weighted by Gasteiger charge is -2.26. The molecule has 3 rings (SSSR count). The van der Waals surface area contributed by atoms with E-state index in [0.717, 1.165) is 32.5 Å². The summed E-state index contributed by atoms with van der Waals surface area (Å²) in [6.45, 7) is 2.93. The fourth-order valence-corrected chi connectivity index (χ4v) is 4.70. The Morgan fingerprint density at radius 1 is 1.07 bits per heavy atom. The number of nitrogens with one attached hydrogen (secondary N) is 3. The summed E-state index contributed by atoms with van der Waals surface area (Å²) in [7, 11) is 4.74. The van der Waals surface area contributed by atoms with E-state index in [1.807, 2.05) is 7.05 Å². The molecule has 2 aromatic carbocycles. The van der Waals surface area contributed by atoms with Gasteiger partial charge in [-0.25, -0.2) is 9.18 Å². The second-order valence-electron chi connectivity index (χ2n) is 9.87. The molecule has 3 atom stereocenters. The highest BCUT2D eigenvalue weighted by Crippen LogP contribution is 2.31. The molecule has 1 unspecified atom stereocenters. The summed E-state index contributed by atoms with van der Waals surface area (Å²) in [6, 6.07) is 11.3. The Hall–Kier alpha value is -3.25. The van der Waals surface area contributed by atoms with Crippen LogP contribution in [0.25, 0.3) is 0 Å². The van der Waals surface area contributed by atoms with Crippen LogP contribution >= 0.6 is 0 Å².